The SMILES string of the molecule is O=C(c1ccnc(F)c1)N1CC2(CC(NCC3CC3)CS2)C1. The van der Waals surface area contributed by atoms with Gasteiger partial charge >= 0.3 is 0 Å². The summed E-state index contributed by atoms with van der Waals surface area (Å²) in [6.07, 6.45) is 5.24. The van der Waals surface area contributed by atoms with Gasteiger partial charge in [0.05, 0.1) is 4.75 Å². The summed E-state index contributed by atoms with van der Waals surface area (Å²) in [5, 5.41) is 3.67. The molecule has 1 aromatic rings. The number of hydrogen-bond acceptors (Lipinski definition) is 4. The van der Waals surface area contributed by atoms with E-state index in [4.69, 9.17) is 0 Å². The Balaban J connectivity index is 1.30. The van der Waals surface area contributed by atoms with Gasteiger partial charge in [0.25, 0.3) is 5.91 Å². The van der Waals surface area contributed by atoms with E-state index in [2.05, 4.69) is 10.3 Å². The fraction of sp³-hybridized carbons (Fsp3) is 0.625. The Morgan fingerprint density at radius 2 is 2.32 bits per heavy atom. The van der Waals surface area contributed by atoms with Crippen molar-refractivity contribution in [1.29, 1.82) is 0 Å². The minimum absolute atomic E-state index is 0.0816. The first-order chi connectivity index (χ1) is 10.6. The molecule has 3 heterocycles. The number of rotatable bonds is 4. The van der Waals surface area contributed by atoms with E-state index >= 15 is 0 Å². The van der Waals surface area contributed by atoms with Gasteiger partial charge in [0.1, 0.15) is 0 Å². The monoisotopic (exact) mass is 321 g/mol. The van der Waals surface area contributed by atoms with Crippen molar-refractivity contribution in [3.63, 3.8) is 0 Å². The fourth-order valence-electron chi connectivity index (χ4n) is 3.36. The van der Waals surface area contributed by atoms with Gasteiger partial charge in [-0.05, 0) is 37.8 Å². The number of carbonyl (C=O) groups excluding carboxylic acids is 1. The molecular formula is C16H20FN3OS. The minimum atomic E-state index is -0.597. The Bertz CT molecular complexity index is 587. The molecule has 2 aliphatic heterocycles. The van der Waals surface area contributed by atoms with Gasteiger partial charge in [-0.3, -0.25) is 4.79 Å². The maximum atomic E-state index is 13.1. The highest BCUT2D eigenvalue weighted by molar-refractivity contribution is 8.01. The lowest BCUT2D eigenvalue weighted by molar-refractivity contribution is 0.0551. The third-order valence-electron chi connectivity index (χ3n) is 4.82. The Morgan fingerprint density at radius 1 is 1.50 bits per heavy atom. The topological polar surface area (TPSA) is 45.2 Å². The van der Waals surface area contributed by atoms with Crippen molar-refractivity contribution in [1.82, 2.24) is 15.2 Å². The second-order valence-electron chi connectivity index (χ2n) is 6.78. The molecule has 1 amide bonds. The van der Waals surface area contributed by atoms with Crippen molar-refractivity contribution >= 4 is 17.7 Å². The van der Waals surface area contributed by atoms with Crippen LogP contribution in [0.25, 0.3) is 0 Å². The molecule has 1 unspecified atom stereocenters. The number of carbonyl (C=O) groups is 1. The summed E-state index contributed by atoms with van der Waals surface area (Å²) >= 11 is 1.99. The molecule has 1 atom stereocenters. The highest BCUT2D eigenvalue weighted by atomic mass is 32.2. The molecule has 1 N–H and O–H groups in total. The van der Waals surface area contributed by atoms with E-state index in [0.29, 0.717) is 11.6 Å². The quantitative estimate of drug-likeness (QED) is 0.861. The number of likely N-dealkylation sites (tertiary alicyclic amines) is 1. The highest BCUT2D eigenvalue weighted by Gasteiger charge is 2.50. The minimum Gasteiger partial charge on any atom is -0.336 e. The molecule has 22 heavy (non-hydrogen) atoms. The molecule has 1 aliphatic carbocycles. The van der Waals surface area contributed by atoms with Gasteiger partial charge in [-0.2, -0.15) is 4.39 Å². The molecule has 0 radical (unpaired) electrons. The Hall–Kier alpha value is -1.14. The van der Waals surface area contributed by atoms with Gasteiger partial charge in [0.15, 0.2) is 0 Å². The standard InChI is InChI=1S/C16H20FN3OS/c17-14-5-12(3-4-18-14)15(21)20-9-16(10-20)6-13(8-22-16)19-7-11-1-2-11/h3-5,11,13,19H,1-2,6-10H2. The van der Waals surface area contributed by atoms with E-state index < -0.39 is 5.95 Å². The lowest BCUT2D eigenvalue weighted by Crippen LogP contribution is -2.61. The molecular weight excluding hydrogens is 301 g/mol. The van der Waals surface area contributed by atoms with Crippen LogP contribution in [0.1, 0.15) is 29.6 Å². The molecule has 6 heteroatoms. The van der Waals surface area contributed by atoms with Crippen molar-refractivity contribution in [2.24, 2.45) is 5.92 Å². The zero-order valence-corrected chi connectivity index (χ0v) is 13.2. The first-order valence-corrected chi connectivity index (χ1v) is 8.90. The fourth-order valence-corrected chi connectivity index (χ4v) is 4.97. The predicted molar refractivity (Wildman–Crippen MR) is 84.4 cm³/mol. The normalized spacial score (nSPS) is 26.2. The first-order valence-electron chi connectivity index (χ1n) is 7.92. The van der Waals surface area contributed by atoms with Crippen LogP contribution in [0.4, 0.5) is 4.39 Å². The van der Waals surface area contributed by atoms with Crippen LogP contribution in [0.15, 0.2) is 18.3 Å². The van der Waals surface area contributed by atoms with Gasteiger partial charge < -0.3 is 10.2 Å². The molecule has 3 aliphatic rings. The number of aromatic nitrogens is 1. The van der Waals surface area contributed by atoms with Crippen molar-refractivity contribution in [3.8, 4) is 0 Å². The summed E-state index contributed by atoms with van der Waals surface area (Å²) in [5.74, 6) is 1.36. The van der Waals surface area contributed by atoms with Crippen LogP contribution in [0.2, 0.25) is 0 Å². The number of nitrogens with one attached hydrogen (secondary N) is 1. The Labute approximate surface area is 133 Å². The number of halogens is 1. The summed E-state index contributed by atoms with van der Waals surface area (Å²) in [6.45, 7) is 2.71. The van der Waals surface area contributed by atoms with Gasteiger partial charge in [0.2, 0.25) is 5.95 Å². The Kier molecular flexibility index (Phi) is 3.61. The summed E-state index contributed by atoms with van der Waals surface area (Å²) in [5.41, 5.74) is 0.397. The van der Waals surface area contributed by atoms with E-state index in [1.165, 1.54) is 25.1 Å². The molecule has 0 aromatic carbocycles. The van der Waals surface area contributed by atoms with E-state index in [1.54, 1.807) is 6.07 Å². The van der Waals surface area contributed by atoms with Crippen LogP contribution in [0, 0.1) is 11.9 Å². The van der Waals surface area contributed by atoms with Crippen LogP contribution in [0.5, 0.6) is 0 Å². The second-order valence-corrected chi connectivity index (χ2v) is 8.26. The largest absolute Gasteiger partial charge is 0.336 e. The van der Waals surface area contributed by atoms with E-state index in [-0.39, 0.29) is 10.7 Å². The van der Waals surface area contributed by atoms with Crippen molar-refractivity contribution in [2.75, 3.05) is 25.4 Å². The van der Waals surface area contributed by atoms with Crippen LogP contribution in [-0.4, -0.2) is 52.0 Å². The number of amides is 1. The van der Waals surface area contributed by atoms with Crippen molar-refractivity contribution in [3.05, 3.63) is 29.8 Å². The molecule has 4 rings (SSSR count). The lowest BCUT2D eigenvalue weighted by atomic mass is 9.91. The van der Waals surface area contributed by atoms with Crippen molar-refractivity contribution in [2.45, 2.75) is 30.1 Å². The van der Waals surface area contributed by atoms with Crippen molar-refractivity contribution < 1.29 is 9.18 Å². The molecule has 1 saturated carbocycles. The van der Waals surface area contributed by atoms with Gasteiger partial charge in [-0.25, -0.2) is 4.98 Å². The molecule has 0 bridgehead atoms. The second kappa shape index (κ2) is 5.49. The smallest absolute Gasteiger partial charge is 0.254 e. The molecule has 118 valence electrons. The average Bonchev–Trinajstić information content (AvgIpc) is 3.21. The third kappa shape index (κ3) is 2.86. The van der Waals surface area contributed by atoms with E-state index in [0.717, 1.165) is 37.7 Å². The predicted octanol–water partition coefficient (Wildman–Crippen LogP) is 1.92. The maximum absolute atomic E-state index is 13.1. The molecule has 3 fully saturated rings. The zero-order valence-electron chi connectivity index (χ0n) is 12.4. The zero-order chi connectivity index (χ0) is 15.2. The molecule has 2 saturated heterocycles. The molecule has 4 nitrogen and oxygen atoms in total. The van der Waals surface area contributed by atoms with Crippen LogP contribution >= 0.6 is 11.8 Å². The third-order valence-corrected chi connectivity index (χ3v) is 6.43. The summed E-state index contributed by atoms with van der Waals surface area (Å²) in [7, 11) is 0. The molecule has 1 spiro atoms. The summed E-state index contributed by atoms with van der Waals surface area (Å²) in [4.78, 5) is 17.7. The molecule has 1 aromatic heterocycles. The number of hydrogen-bond donors (Lipinski definition) is 1. The number of nitrogens with zero attached hydrogens (tertiary/aromatic N) is 2. The van der Waals surface area contributed by atoms with E-state index in [1.807, 2.05) is 16.7 Å². The van der Waals surface area contributed by atoms with Gasteiger partial charge in [-0.1, -0.05) is 0 Å². The number of pyridine rings is 1. The average molecular weight is 321 g/mol. The lowest BCUT2D eigenvalue weighted by Gasteiger charge is -2.47. The Morgan fingerprint density at radius 3 is 3.05 bits per heavy atom. The van der Waals surface area contributed by atoms with Gasteiger partial charge in [0, 0.05) is 42.7 Å². The summed E-state index contributed by atoms with van der Waals surface area (Å²) < 4.78 is 13.3. The highest BCUT2D eigenvalue weighted by Crippen LogP contribution is 2.45. The van der Waals surface area contributed by atoms with E-state index in [9.17, 15) is 9.18 Å². The van der Waals surface area contributed by atoms with Crippen LogP contribution in [-0.2, 0) is 0 Å². The number of thioether (sulfide) groups is 1. The first kappa shape index (κ1) is 14.5. The van der Waals surface area contributed by atoms with Crippen LogP contribution in [0.3, 0.4) is 0 Å². The summed E-state index contributed by atoms with van der Waals surface area (Å²) in [6, 6.07) is 3.38. The van der Waals surface area contributed by atoms with Gasteiger partial charge in [-0.15, -0.1) is 11.8 Å². The van der Waals surface area contributed by atoms with Crippen LogP contribution < -0.4 is 5.32 Å². The maximum Gasteiger partial charge on any atom is 0.254 e.